The van der Waals surface area contributed by atoms with Crippen LogP contribution in [0.4, 0.5) is 0 Å². The van der Waals surface area contributed by atoms with Crippen LogP contribution in [0.25, 0.3) is 10.9 Å². The van der Waals surface area contributed by atoms with Crippen molar-refractivity contribution in [2.45, 2.75) is 25.3 Å². The zero-order valence-electron chi connectivity index (χ0n) is 13.9. The maximum absolute atomic E-state index is 10.9. The fraction of sp³-hybridized carbons (Fsp3) is 0.500. The molecule has 0 radical (unpaired) electrons. The fourth-order valence-corrected chi connectivity index (χ4v) is 4.13. The topological polar surface area (TPSA) is 95.0 Å². The van der Waals surface area contributed by atoms with Crippen molar-refractivity contribution >= 4 is 30.3 Å². The number of H-pyrrole nitrogens is 1. The molecular weight excluding hydrogens is 367 g/mol. The van der Waals surface area contributed by atoms with Gasteiger partial charge in [-0.25, -0.2) is 4.57 Å². The van der Waals surface area contributed by atoms with E-state index in [-0.39, 0.29) is 12.6 Å². The summed E-state index contributed by atoms with van der Waals surface area (Å²) in [6.07, 6.45) is 2.57. The minimum atomic E-state index is -4.43. The molecule has 0 amide bonds. The second kappa shape index (κ2) is 7.66. The van der Waals surface area contributed by atoms with Gasteiger partial charge < -0.3 is 19.5 Å². The van der Waals surface area contributed by atoms with Crippen molar-refractivity contribution in [2.24, 2.45) is 0 Å². The Morgan fingerprint density at radius 2 is 2.24 bits per heavy atom. The molecule has 0 spiro atoms. The number of hydrogen-bond acceptors (Lipinski definition) is 4. The first kappa shape index (κ1) is 18.7. The van der Waals surface area contributed by atoms with Crippen molar-refractivity contribution in [1.29, 1.82) is 0 Å². The van der Waals surface area contributed by atoms with E-state index in [1.165, 1.54) is 0 Å². The summed E-state index contributed by atoms with van der Waals surface area (Å²) in [6.45, 7) is 1.65. The van der Waals surface area contributed by atoms with Gasteiger partial charge in [0.05, 0.1) is 19.2 Å². The van der Waals surface area contributed by atoms with Crippen LogP contribution in [0.5, 0.6) is 5.75 Å². The number of hydrogen-bond donors (Lipinski definition) is 3. The highest BCUT2D eigenvalue weighted by atomic mass is 35.5. The van der Waals surface area contributed by atoms with E-state index in [1.54, 1.807) is 7.11 Å². The highest BCUT2D eigenvalue weighted by Crippen LogP contribution is 2.37. The normalized spacial score (nSPS) is 19.0. The average molecular weight is 389 g/mol. The van der Waals surface area contributed by atoms with Gasteiger partial charge in [0.15, 0.2) is 0 Å². The third kappa shape index (κ3) is 4.37. The van der Waals surface area contributed by atoms with Crippen molar-refractivity contribution in [3.63, 3.8) is 0 Å². The number of aromatic nitrogens is 1. The second-order valence-corrected chi connectivity index (χ2v) is 7.79. The summed E-state index contributed by atoms with van der Waals surface area (Å²) >= 11 is 6.38. The van der Waals surface area contributed by atoms with Gasteiger partial charge in [0.25, 0.3) is 0 Å². The molecule has 1 aliphatic heterocycles. The molecule has 7 nitrogen and oxygen atoms in total. The Hall–Kier alpha value is -1.08. The highest BCUT2D eigenvalue weighted by molar-refractivity contribution is 7.46. The van der Waals surface area contributed by atoms with Crippen LogP contribution in [-0.4, -0.2) is 52.5 Å². The van der Waals surface area contributed by atoms with Gasteiger partial charge >= 0.3 is 7.82 Å². The number of methoxy groups -OCH3 is 1. The van der Waals surface area contributed by atoms with E-state index >= 15 is 0 Å². The zero-order valence-corrected chi connectivity index (χ0v) is 15.6. The summed E-state index contributed by atoms with van der Waals surface area (Å²) in [5.74, 6) is 0.776. The maximum Gasteiger partial charge on any atom is 0.469 e. The van der Waals surface area contributed by atoms with Crippen molar-refractivity contribution < 1.29 is 23.6 Å². The number of nitrogens with zero attached hydrogens (tertiary/aromatic N) is 1. The molecule has 2 aromatic rings. The Morgan fingerprint density at radius 3 is 2.96 bits per heavy atom. The first-order valence-corrected chi connectivity index (χ1v) is 10.1. The van der Waals surface area contributed by atoms with Crippen LogP contribution < -0.4 is 4.74 Å². The molecule has 0 aliphatic carbocycles. The molecule has 138 valence electrons. The standard InChI is InChI=1S/C16H22ClN2O5P/c1-23-14-6-2-5-13-15(14)12(16(17)18-13)7-9-19-8-3-4-11(19)10-24-25(20,21)22/h2,5-6,11,18H,3-4,7-10H2,1H3,(H2,20,21,22)/t11-/m0/s1. The van der Waals surface area contributed by atoms with Crippen LogP contribution in [0.2, 0.25) is 5.15 Å². The molecule has 25 heavy (non-hydrogen) atoms. The lowest BCUT2D eigenvalue weighted by molar-refractivity contribution is 0.135. The molecule has 2 heterocycles. The first-order valence-electron chi connectivity index (χ1n) is 8.16. The van der Waals surface area contributed by atoms with E-state index in [0.29, 0.717) is 11.6 Å². The van der Waals surface area contributed by atoms with Gasteiger partial charge in [0.1, 0.15) is 10.9 Å². The van der Waals surface area contributed by atoms with Gasteiger partial charge in [0, 0.05) is 23.5 Å². The zero-order chi connectivity index (χ0) is 18.0. The van der Waals surface area contributed by atoms with E-state index in [2.05, 4.69) is 14.4 Å². The number of benzene rings is 1. The number of phosphoric acid groups is 1. The summed E-state index contributed by atoms with van der Waals surface area (Å²) < 4.78 is 21.1. The van der Waals surface area contributed by atoms with Gasteiger partial charge in [-0.2, -0.15) is 0 Å². The number of fused-ring (bicyclic) bond motifs is 1. The fourth-order valence-electron chi connectivity index (χ4n) is 3.47. The van der Waals surface area contributed by atoms with Gasteiger partial charge in [0.2, 0.25) is 0 Å². The third-order valence-corrected chi connectivity index (χ3v) is 5.45. The molecule has 1 fully saturated rings. The summed E-state index contributed by atoms with van der Waals surface area (Å²) in [6, 6.07) is 5.79. The minimum absolute atomic E-state index is 0.0125. The van der Waals surface area contributed by atoms with Gasteiger partial charge in [-0.1, -0.05) is 17.7 Å². The van der Waals surface area contributed by atoms with E-state index < -0.39 is 7.82 Å². The number of halogens is 1. The van der Waals surface area contributed by atoms with E-state index in [0.717, 1.165) is 48.1 Å². The van der Waals surface area contributed by atoms with Crippen molar-refractivity contribution in [2.75, 3.05) is 26.8 Å². The Labute approximate surface area is 151 Å². The van der Waals surface area contributed by atoms with Gasteiger partial charge in [-0.3, -0.25) is 9.42 Å². The van der Waals surface area contributed by atoms with Crippen LogP contribution in [0.3, 0.4) is 0 Å². The highest BCUT2D eigenvalue weighted by Gasteiger charge is 2.28. The maximum atomic E-state index is 10.9. The smallest absolute Gasteiger partial charge is 0.469 e. The summed E-state index contributed by atoms with van der Waals surface area (Å²) in [5.41, 5.74) is 1.93. The Balaban J connectivity index is 1.72. The predicted molar refractivity (Wildman–Crippen MR) is 96.2 cm³/mol. The summed E-state index contributed by atoms with van der Waals surface area (Å²) in [5, 5.41) is 1.58. The van der Waals surface area contributed by atoms with Gasteiger partial charge in [-0.15, -0.1) is 0 Å². The third-order valence-electron chi connectivity index (χ3n) is 4.64. The largest absolute Gasteiger partial charge is 0.496 e. The Kier molecular flexibility index (Phi) is 5.73. The molecule has 0 bridgehead atoms. The van der Waals surface area contributed by atoms with E-state index in [1.807, 2.05) is 18.2 Å². The Morgan fingerprint density at radius 1 is 1.44 bits per heavy atom. The molecule has 1 saturated heterocycles. The van der Waals surface area contributed by atoms with E-state index in [9.17, 15) is 4.57 Å². The van der Waals surface area contributed by atoms with Crippen LogP contribution >= 0.6 is 19.4 Å². The molecule has 1 aromatic carbocycles. The second-order valence-electron chi connectivity index (χ2n) is 6.17. The van der Waals surface area contributed by atoms with Crippen molar-refractivity contribution in [3.8, 4) is 5.75 Å². The minimum Gasteiger partial charge on any atom is -0.496 e. The average Bonchev–Trinajstić information content (AvgIpc) is 3.13. The van der Waals surface area contributed by atoms with Crippen LogP contribution in [0.1, 0.15) is 18.4 Å². The number of likely N-dealkylation sites (tertiary alicyclic amines) is 1. The van der Waals surface area contributed by atoms with Crippen LogP contribution in [0, 0.1) is 0 Å². The number of rotatable bonds is 7. The molecule has 1 aliphatic rings. The lowest BCUT2D eigenvalue weighted by Gasteiger charge is -2.24. The van der Waals surface area contributed by atoms with Gasteiger partial charge in [-0.05, 0) is 37.9 Å². The van der Waals surface area contributed by atoms with Crippen molar-refractivity contribution in [3.05, 3.63) is 28.9 Å². The molecule has 0 unspecified atom stereocenters. The quantitative estimate of drug-likeness (QED) is 0.631. The number of aromatic amines is 1. The monoisotopic (exact) mass is 388 g/mol. The van der Waals surface area contributed by atoms with Crippen molar-refractivity contribution in [1.82, 2.24) is 9.88 Å². The van der Waals surface area contributed by atoms with Crippen LogP contribution in [-0.2, 0) is 15.5 Å². The summed E-state index contributed by atoms with van der Waals surface area (Å²) in [7, 11) is -2.80. The summed E-state index contributed by atoms with van der Waals surface area (Å²) in [4.78, 5) is 23.2. The van der Waals surface area contributed by atoms with Crippen LogP contribution in [0.15, 0.2) is 18.2 Å². The lowest BCUT2D eigenvalue weighted by Crippen LogP contribution is -2.34. The molecule has 0 saturated carbocycles. The SMILES string of the molecule is COc1cccc2[nH]c(Cl)c(CCN3CCC[C@H]3COP(=O)(O)O)c12. The molecule has 9 heteroatoms. The molecule has 3 rings (SSSR count). The van der Waals surface area contributed by atoms with E-state index in [4.69, 9.17) is 26.1 Å². The molecular formula is C16H22ClN2O5P. The number of phosphoric ester groups is 1. The number of ether oxygens (including phenoxy) is 1. The lowest BCUT2D eigenvalue weighted by atomic mass is 10.1. The predicted octanol–water partition coefficient (Wildman–Crippen LogP) is 2.95. The first-order chi connectivity index (χ1) is 11.9. The Bertz CT molecular complexity index is 790. The number of nitrogens with one attached hydrogen (secondary N) is 1. The molecule has 3 N–H and O–H groups in total. The molecule has 1 atom stereocenters. The molecule has 1 aromatic heterocycles.